The summed E-state index contributed by atoms with van der Waals surface area (Å²) in [6.07, 6.45) is 0. The smallest absolute Gasteiger partial charge is 0.340 e. The first-order valence-corrected chi connectivity index (χ1v) is 7.40. The maximum Gasteiger partial charge on any atom is 0.340 e. The molecule has 0 unspecified atom stereocenters. The van der Waals surface area contributed by atoms with E-state index in [1.54, 1.807) is 61.5 Å². The van der Waals surface area contributed by atoms with E-state index in [-0.39, 0.29) is 12.2 Å². The van der Waals surface area contributed by atoms with Gasteiger partial charge in [-0.05, 0) is 31.2 Å². The van der Waals surface area contributed by atoms with Gasteiger partial charge >= 0.3 is 11.9 Å². The van der Waals surface area contributed by atoms with Crippen LogP contribution >= 0.6 is 0 Å². The molecule has 0 bridgehead atoms. The van der Waals surface area contributed by atoms with Crippen LogP contribution in [0.1, 0.15) is 27.6 Å². The molecule has 6 heteroatoms. The van der Waals surface area contributed by atoms with Crippen LogP contribution in [0.25, 0.3) is 0 Å². The molecule has 0 heterocycles. The van der Waals surface area contributed by atoms with Gasteiger partial charge in [-0.25, -0.2) is 9.59 Å². The van der Waals surface area contributed by atoms with E-state index in [1.165, 1.54) is 0 Å². The first kappa shape index (κ1) is 17.2. The lowest BCUT2D eigenvalue weighted by molar-refractivity contribution is -0.119. The number of amides is 1. The molecule has 2 aromatic rings. The summed E-state index contributed by atoms with van der Waals surface area (Å²) in [5.41, 5.74) is 0.899. The number of nitrogens with one attached hydrogen (secondary N) is 1. The van der Waals surface area contributed by atoms with E-state index in [2.05, 4.69) is 5.32 Å². The highest BCUT2D eigenvalue weighted by molar-refractivity contribution is 6.02. The lowest BCUT2D eigenvalue weighted by atomic mass is 10.2. The highest BCUT2D eigenvalue weighted by Crippen LogP contribution is 2.16. The zero-order valence-electron chi connectivity index (χ0n) is 13.2. The molecule has 2 rings (SSSR count). The molecular formula is C18H17NO5. The first-order valence-electron chi connectivity index (χ1n) is 7.40. The van der Waals surface area contributed by atoms with Crippen molar-refractivity contribution in [1.29, 1.82) is 0 Å². The minimum atomic E-state index is -0.593. The Kier molecular flexibility index (Phi) is 6.08. The van der Waals surface area contributed by atoms with Gasteiger partial charge in [-0.3, -0.25) is 4.79 Å². The molecule has 2 aromatic carbocycles. The molecule has 0 aliphatic heterocycles. The summed E-state index contributed by atoms with van der Waals surface area (Å²) in [6.45, 7) is 1.48. The summed E-state index contributed by atoms with van der Waals surface area (Å²) in [7, 11) is 0. The molecule has 0 atom stereocenters. The maximum atomic E-state index is 11.9. The summed E-state index contributed by atoms with van der Waals surface area (Å²) < 4.78 is 9.87. The van der Waals surface area contributed by atoms with Crippen molar-refractivity contribution in [3.05, 3.63) is 65.7 Å². The predicted molar refractivity (Wildman–Crippen MR) is 87.8 cm³/mol. The Bertz CT molecular complexity index is 727. The molecule has 6 nitrogen and oxygen atoms in total. The van der Waals surface area contributed by atoms with Gasteiger partial charge in [0.25, 0.3) is 5.91 Å². The van der Waals surface area contributed by atoms with Gasteiger partial charge in [-0.2, -0.15) is 0 Å². The van der Waals surface area contributed by atoms with Crippen LogP contribution in [0.3, 0.4) is 0 Å². The van der Waals surface area contributed by atoms with Crippen molar-refractivity contribution in [2.24, 2.45) is 0 Å². The van der Waals surface area contributed by atoms with Crippen molar-refractivity contribution in [2.45, 2.75) is 6.92 Å². The number of benzene rings is 2. The highest BCUT2D eigenvalue weighted by Gasteiger charge is 2.15. The Balaban J connectivity index is 1.95. The van der Waals surface area contributed by atoms with Gasteiger partial charge < -0.3 is 14.8 Å². The van der Waals surface area contributed by atoms with E-state index in [0.29, 0.717) is 11.3 Å². The largest absolute Gasteiger partial charge is 0.462 e. The summed E-state index contributed by atoms with van der Waals surface area (Å²) in [5.74, 6) is -1.67. The van der Waals surface area contributed by atoms with Crippen LogP contribution < -0.4 is 5.32 Å². The lowest BCUT2D eigenvalue weighted by Gasteiger charge is -2.10. The molecule has 0 saturated heterocycles. The molecule has 0 spiro atoms. The second-order valence-corrected chi connectivity index (χ2v) is 4.76. The van der Waals surface area contributed by atoms with E-state index in [9.17, 15) is 14.4 Å². The van der Waals surface area contributed by atoms with Crippen LogP contribution in [-0.4, -0.2) is 31.1 Å². The second-order valence-electron chi connectivity index (χ2n) is 4.76. The topological polar surface area (TPSA) is 81.7 Å². The fourth-order valence-electron chi connectivity index (χ4n) is 1.95. The zero-order valence-corrected chi connectivity index (χ0v) is 13.2. The SMILES string of the molecule is CCOC(=O)c1ccccc1NC(=O)COC(=O)c1ccccc1. The average molecular weight is 327 g/mol. The minimum absolute atomic E-state index is 0.232. The van der Waals surface area contributed by atoms with Crippen molar-refractivity contribution in [3.8, 4) is 0 Å². The number of carbonyl (C=O) groups is 3. The van der Waals surface area contributed by atoms with Crippen molar-refractivity contribution >= 4 is 23.5 Å². The zero-order chi connectivity index (χ0) is 17.4. The number of ether oxygens (including phenoxy) is 2. The molecule has 0 fully saturated rings. The second kappa shape index (κ2) is 8.47. The van der Waals surface area contributed by atoms with E-state index >= 15 is 0 Å². The number of rotatable bonds is 6. The molecule has 0 radical (unpaired) electrons. The van der Waals surface area contributed by atoms with Crippen molar-refractivity contribution in [3.63, 3.8) is 0 Å². The van der Waals surface area contributed by atoms with Gasteiger partial charge in [0.1, 0.15) is 0 Å². The van der Waals surface area contributed by atoms with Gasteiger partial charge in [0, 0.05) is 0 Å². The number of hydrogen-bond acceptors (Lipinski definition) is 5. The predicted octanol–water partition coefficient (Wildman–Crippen LogP) is 2.66. The van der Waals surface area contributed by atoms with E-state index in [1.807, 2.05) is 0 Å². The van der Waals surface area contributed by atoms with Crippen molar-refractivity contribution < 1.29 is 23.9 Å². The third-order valence-corrected chi connectivity index (χ3v) is 3.04. The average Bonchev–Trinajstić information content (AvgIpc) is 2.61. The standard InChI is InChI=1S/C18H17NO5/c1-2-23-18(22)14-10-6-7-11-15(14)19-16(20)12-24-17(21)13-8-4-3-5-9-13/h3-11H,2,12H2,1H3,(H,19,20). The fraction of sp³-hybridized carbons (Fsp3) is 0.167. The number of anilines is 1. The maximum absolute atomic E-state index is 11.9. The van der Waals surface area contributed by atoms with Crippen LogP contribution in [0.15, 0.2) is 54.6 Å². The fourth-order valence-corrected chi connectivity index (χ4v) is 1.95. The highest BCUT2D eigenvalue weighted by atomic mass is 16.5. The molecule has 124 valence electrons. The third kappa shape index (κ3) is 4.67. The molecule has 0 aliphatic rings. The van der Waals surface area contributed by atoms with Crippen LogP contribution in [0.4, 0.5) is 5.69 Å². The van der Waals surface area contributed by atoms with E-state index < -0.39 is 24.5 Å². The quantitative estimate of drug-likeness (QED) is 0.825. The molecule has 24 heavy (non-hydrogen) atoms. The Labute approximate surface area is 139 Å². The summed E-state index contributed by atoms with van der Waals surface area (Å²) >= 11 is 0. The molecule has 1 N–H and O–H groups in total. The monoisotopic (exact) mass is 327 g/mol. The number of esters is 2. The molecule has 0 aliphatic carbocycles. The Morgan fingerprint density at radius 1 is 0.875 bits per heavy atom. The summed E-state index contributed by atoms with van der Waals surface area (Å²) in [6, 6.07) is 14.8. The van der Waals surface area contributed by atoms with Gasteiger partial charge in [-0.1, -0.05) is 30.3 Å². The van der Waals surface area contributed by atoms with Crippen molar-refractivity contribution in [1.82, 2.24) is 0 Å². The molecular weight excluding hydrogens is 310 g/mol. The summed E-state index contributed by atoms with van der Waals surface area (Å²) in [5, 5.41) is 2.54. The van der Waals surface area contributed by atoms with Crippen molar-refractivity contribution in [2.75, 3.05) is 18.5 Å². The van der Waals surface area contributed by atoms with Crippen LogP contribution in [0.5, 0.6) is 0 Å². The van der Waals surface area contributed by atoms with Crippen LogP contribution in [0.2, 0.25) is 0 Å². The molecule has 0 saturated carbocycles. The van der Waals surface area contributed by atoms with Crippen LogP contribution in [0, 0.1) is 0 Å². The normalized spacial score (nSPS) is 9.88. The first-order chi connectivity index (χ1) is 11.6. The van der Waals surface area contributed by atoms with Gasteiger partial charge in [0.05, 0.1) is 23.4 Å². The number of hydrogen-bond donors (Lipinski definition) is 1. The van der Waals surface area contributed by atoms with E-state index in [0.717, 1.165) is 0 Å². The Morgan fingerprint density at radius 2 is 1.54 bits per heavy atom. The summed E-state index contributed by atoms with van der Waals surface area (Å²) in [4.78, 5) is 35.6. The Hall–Kier alpha value is -3.15. The van der Waals surface area contributed by atoms with Crippen LogP contribution in [-0.2, 0) is 14.3 Å². The minimum Gasteiger partial charge on any atom is -0.462 e. The van der Waals surface area contributed by atoms with Gasteiger partial charge in [-0.15, -0.1) is 0 Å². The number of carbonyl (C=O) groups excluding carboxylic acids is 3. The van der Waals surface area contributed by atoms with Gasteiger partial charge in [0.15, 0.2) is 6.61 Å². The molecule has 0 aromatic heterocycles. The lowest BCUT2D eigenvalue weighted by Crippen LogP contribution is -2.22. The molecule has 1 amide bonds. The van der Waals surface area contributed by atoms with E-state index in [4.69, 9.17) is 9.47 Å². The Morgan fingerprint density at radius 3 is 2.25 bits per heavy atom. The van der Waals surface area contributed by atoms with Gasteiger partial charge in [0.2, 0.25) is 0 Å². The number of para-hydroxylation sites is 1. The third-order valence-electron chi connectivity index (χ3n) is 3.04.